The Hall–Kier alpha value is -2.89. The zero-order valence-corrected chi connectivity index (χ0v) is 14.3. The van der Waals surface area contributed by atoms with Crippen molar-refractivity contribution in [2.75, 3.05) is 0 Å². The summed E-state index contributed by atoms with van der Waals surface area (Å²) in [7, 11) is 0. The number of nitrogens with one attached hydrogen (secondary N) is 2. The van der Waals surface area contributed by atoms with Crippen molar-refractivity contribution in [1.29, 1.82) is 0 Å². The van der Waals surface area contributed by atoms with Crippen molar-refractivity contribution in [3.05, 3.63) is 59.7 Å². The lowest BCUT2D eigenvalue weighted by molar-refractivity contribution is 0.0946. The Morgan fingerprint density at radius 1 is 1.27 bits per heavy atom. The van der Waals surface area contributed by atoms with Gasteiger partial charge in [-0.05, 0) is 55.5 Å². The molecule has 1 aliphatic carbocycles. The molecule has 4 rings (SSSR count). The van der Waals surface area contributed by atoms with E-state index in [9.17, 15) is 9.18 Å². The molecule has 0 saturated heterocycles. The smallest absolute Gasteiger partial charge is 0.267 e. The Labute approximate surface area is 150 Å². The third-order valence-electron chi connectivity index (χ3n) is 4.70. The summed E-state index contributed by atoms with van der Waals surface area (Å²) in [5.74, 6) is -0.0346. The monoisotopic (exact) mass is 353 g/mol. The van der Waals surface area contributed by atoms with Gasteiger partial charge in [-0.3, -0.25) is 4.79 Å². The van der Waals surface area contributed by atoms with E-state index in [1.165, 1.54) is 25.0 Å². The number of H-pyrrole nitrogens is 1. The topological polar surface area (TPSA) is 67.0 Å². The predicted octanol–water partition coefficient (Wildman–Crippen LogP) is 3.95. The quantitative estimate of drug-likeness (QED) is 0.730. The highest BCUT2D eigenvalue weighted by Gasteiger charge is 2.17. The molecule has 1 amide bonds. The van der Waals surface area contributed by atoms with Crippen molar-refractivity contribution in [1.82, 2.24) is 15.3 Å². The van der Waals surface area contributed by atoms with Gasteiger partial charge in [0.15, 0.2) is 0 Å². The van der Waals surface area contributed by atoms with Crippen LogP contribution in [0.3, 0.4) is 0 Å². The summed E-state index contributed by atoms with van der Waals surface area (Å²) in [6.07, 6.45) is 6.47. The fourth-order valence-corrected chi connectivity index (χ4v) is 3.32. The summed E-state index contributed by atoms with van der Waals surface area (Å²) in [5, 5.41) is 3.25. The largest absolute Gasteiger partial charge is 0.474 e. The molecule has 2 aromatic heterocycles. The molecule has 3 aromatic rings. The van der Waals surface area contributed by atoms with Crippen molar-refractivity contribution in [2.45, 2.75) is 38.3 Å². The minimum atomic E-state index is -0.347. The molecule has 1 fully saturated rings. The van der Waals surface area contributed by atoms with E-state index in [0.717, 1.165) is 18.4 Å². The maximum absolute atomic E-state index is 13.8. The molecule has 2 N–H and O–H groups in total. The molecule has 6 heteroatoms. The Kier molecular flexibility index (Phi) is 4.56. The first kappa shape index (κ1) is 16.6. The molecule has 0 atom stereocenters. The van der Waals surface area contributed by atoms with E-state index in [-0.39, 0.29) is 17.8 Å². The zero-order chi connectivity index (χ0) is 17.9. The fourth-order valence-electron chi connectivity index (χ4n) is 3.32. The third kappa shape index (κ3) is 3.54. The van der Waals surface area contributed by atoms with E-state index in [4.69, 9.17) is 4.74 Å². The van der Waals surface area contributed by atoms with Crippen LogP contribution in [-0.4, -0.2) is 22.0 Å². The van der Waals surface area contributed by atoms with Crippen molar-refractivity contribution < 1.29 is 13.9 Å². The molecular formula is C20H20FN3O2. The van der Waals surface area contributed by atoms with Crippen LogP contribution in [0.4, 0.5) is 4.39 Å². The number of aromatic nitrogens is 2. The van der Waals surface area contributed by atoms with Crippen LogP contribution in [0.5, 0.6) is 5.88 Å². The summed E-state index contributed by atoms with van der Waals surface area (Å²) >= 11 is 0. The SMILES string of the molecule is O=C(NCc1ccnc(OC2CCCC2)c1)c1cc2c(F)cccc2[nH]1. The van der Waals surface area contributed by atoms with Gasteiger partial charge in [0.1, 0.15) is 17.6 Å². The Morgan fingerprint density at radius 3 is 2.92 bits per heavy atom. The van der Waals surface area contributed by atoms with E-state index in [2.05, 4.69) is 15.3 Å². The molecule has 2 heterocycles. The number of hydrogen-bond acceptors (Lipinski definition) is 3. The second-order valence-corrected chi connectivity index (χ2v) is 6.59. The standard InChI is InChI=1S/C20H20FN3O2/c21-16-6-3-7-17-15(16)11-18(24-17)20(25)23-12-13-8-9-22-19(10-13)26-14-4-1-2-5-14/h3,6-11,14,24H,1-2,4-5,12H2,(H,23,25). The van der Waals surface area contributed by atoms with Crippen molar-refractivity contribution in [2.24, 2.45) is 0 Å². The molecule has 0 radical (unpaired) electrons. The van der Waals surface area contributed by atoms with Crippen LogP contribution in [-0.2, 0) is 6.54 Å². The van der Waals surface area contributed by atoms with Gasteiger partial charge < -0.3 is 15.0 Å². The highest BCUT2D eigenvalue weighted by Crippen LogP contribution is 2.23. The molecule has 5 nitrogen and oxygen atoms in total. The molecule has 134 valence electrons. The number of carbonyl (C=O) groups excluding carboxylic acids is 1. The van der Waals surface area contributed by atoms with E-state index >= 15 is 0 Å². The number of halogens is 1. The van der Waals surface area contributed by atoms with E-state index in [1.54, 1.807) is 18.3 Å². The number of nitrogens with zero attached hydrogens (tertiary/aromatic N) is 1. The van der Waals surface area contributed by atoms with Gasteiger partial charge in [0.05, 0.1) is 0 Å². The van der Waals surface area contributed by atoms with Gasteiger partial charge in [0.25, 0.3) is 5.91 Å². The van der Waals surface area contributed by atoms with Crippen LogP contribution in [0.15, 0.2) is 42.6 Å². The van der Waals surface area contributed by atoms with Gasteiger partial charge >= 0.3 is 0 Å². The lowest BCUT2D eigenvalue weighted by atomic mass is 10.2. The highest BCUT2D eigenvalue weighted by molar-refractivity contribution is 5.98. The first-order chi connectivity index (χ1) is 12.7. The molecule has 1 saturated carbocycles. The van der Waals surface area contributed by atoms with Crippen molar-refractivity contribution >= 4 is 16.8 Å². The van der Waals surface area contributed by atoms with Gasteiger partial charge in [-0.1, -0.05) is 6.07 Å². The second kappa shape index (κ2) is 7.15. The van der Waals surface area contributed by atoms with Crippen LogP contribution in [0.1, 0.15) is 41.7 Å². The minimum Gasteiger partial charge on any atom is -0.474 e. The number of hydrogen-bond donors (Lipinski definition) is 2. The molecule has 0 unspecified atom stereocenters. The molecule has 0 bridgehead atoms. The van der Waals surface area contributed by atoms with Gasteiger partial charge in [0.2, 0.25) is 5.88 Å². The summed E-state index contributed by atoms with van der Waals surface area (Å²) in [6.45, 7) is 0.347. The summed E-state index contributed by atoms with van der Waals surface area (Å²) < 4.78 is 19.6. The van der Waals surface area contributed by atoms with Crippen molar-refractivity contribution in [3.63, 3.8) is 0 Å². The lowest BCUT2D eigenvalue weighted by Gasteiger charge is -2.12. The molecule has 1 aliphatic rings. The molecule has 0 aliphatic heterocycles. The highest BCUT2D eigenvalue weighted by atomic mass is 19.1. The average molecular weight is 353 g/mol. The predicted molar refractivity (Wildman–Crippen MR) is 96.5 cm³/mol. The first-order valence-electron chi connectivity index (χ1n) is 8.86. The normalized spacial score (nSPS) is 14.7. The van der Waals surface area contributed by atoms with Crippen LogP contribution < -0.4 is 10.1 Å². The Balaban J connectivity index is 1.41. The van der Waals surface area contributed by atoms with Crippen LogP contribution in [0.2, 0.25) is 0 Å². The maximum atomic E-state index is 13.8. The minimum absolute atomic E-state index is 0.244. The first-order valence-corrected chi connectivity index (χ1v) is 8.86. The van der Waals surface area contributed by atoms with Crippen LogP contribution >= 0.6 is 0 Å². The number of amides is 1. The average Bonchev–Trinajstić information content (AvgIpc) is 3.30. The number of fused-ring (bicyclic) bond motifs is 1. The summed E-state index contributed by atoms with van der Waals surface area (Å²) in [4.78, 5) is 19.5. The number of aromatic amines is 1. The van der Waals surface area contributed by atoms with Gasteiger partial charge in [0, 0.05) is 29.7 Å². The summed E-state index contributed by atoms with van der Waals surface area (Å²) in [5.41, 5.74) is 1.84. The number of ether oxygens (including phenoxy) is 1. The third-order valence-corrected chi connectivity index (χ3v) is 4.70. The number of pyridine rings is 1. The van der Waals surface area contributed by atoms with E-state index in [0.29, 0.717) is 29.0 Å². The zero-order valence-electron chi connectivity index (χ0n) is 14.3. The van der Waals surface area contributed by atoms with Crippen molar-refractivity contribution in [3.8, 4) is 5.88 Å². The second-order valence-electron chi connectivity index (χ2n) is 6.59. The summed E-state index contributed by atoms with van der Waals surface area (Å²) in [6, 6.07) is 9.95. The maximum Gasteiger partial charge on any atom is 0.267 e. The van der Waals surface area contributed by atoms with Gasteiger partial charge in [-0.15, -0.1) is 0 Å². The number of benzene rings is 1. The van der Waals surface area contributed by atoms with E-state index < -0.39 is 0 Å². The molecule has 1 aromatic carbocycles. The Morgan fingerprint density at radius 2 is 2.12 bits per heavy atom. The number of rotatable bonds is 5. The number of carbonyl (C=O) groups is 1. The fraction of sp³-hybridized carbons (Fsp3) is 0.300. The van der Waals surface area contributed by atoms with Gasteiger partial charge in [-0.2, -0.15) is 0 Å². The molecule has 0 spiro atoms. The lowest BCUT2D eigenvalue weighted by Crippen LogP contribution is -2.23. The molecular weight excluding hydrogens is 333 g/mol. The van der Waals surface area contributed by atoms with E-state index in [1.807, 2.05) is 12.1 Å². The van der Waals surface area contributed by atoms with Crippen LogP contribution in [0, 0.1) is 5.82 Å². The molecule has 26 heavy (non-hydrogen) atoms. The van der Waals surface area contributed by atoms with Gasteiger partial charge in [-0.25, -0.2) is 9.37 Å². The van der Waals surface area contributed by atoms with Crippen LogP contribution in [0.25, 0.3) is 10.9 Å². The Bertz CT molecular complexity index is 932.